The Kier molecular flexibility index (Phi) is 6.90. The van der Waals surface area contributed by atoms with Crippen LogP contribution in [0.25, 0.3) is 0 Å². The van der Waals surface area contributed by atoms with E-state index in [-0.39, 0.29) is 18.7 Å². The van der Waals surface area contributed by atoms with Crippen molar-refractivity contribution in [1.29, 1.82) is 0 Å². The Bertz CT molecular complexity index is 687. The SMILES string of the molecule is O=C(COC(=O)CCOc1ccccc1)Nc1c(Cl)cccc1Cl. The molecule has 7 heteroatoms. The van der Waals surface area contributed by atoms with Gasteiger partial charge in [-0.05, 0) is 24.3 Å². The van der Waals surface area contributed by atoms with E-state index in [0.29, 0.717) is 15.8 Å². The first kappa shape index (κ1) is 18.1. The molecule has 0 bridgehead atoms. The molecule has 0 aromatic heterocycles. The second-order valence-electron chi connectivity index (χ2n) is 4.72. The summed E-state index contributed by atoms with van der Waals surface area (Å²) in [4.78, 5) is 23.4. The first-order chi connectivity index (χ1) is 11.6. The van der Waals surface area contributed by atoms with Gasteiger partial charge in [0.2, 0.25) is 0 Å². The van der Waals surface area contributed by atoms with Gasteiger partial charge in [-0.15, -0.1) is 0 Å². The smallest absolute Gasteiger partial charge is 0.309 e. The van der Waals surface area contributed by atoms with Crippen LogP contribution in [0, 0.1) is 0 Å². The molecule has 0 saturated carbocycles. The molecule has 5 nitrogen and oxygen atoms in total. The van der Waals surface area contributed by atoms with Crippen LogP contribution < -0.4 is 10.1 Å². The summed E-state index contributed by atoms with van der Waals surface area (Å²) in [5.41, 5.74) is 0.286. The van der Waals surface area contributed by atoms with Crippen LogP contribution in [0.2, 0.25) is 10.0 Å². The summed E-state index contributed by atoms with van der Waals surface area (Å²) in [5.74, 6) is -0.398. The molecule has 0 spiro atoms. The third-order valence-corrected chi connectivity index (χ3v) is 3.54. The molecule has 0 saturated heterocycles. The minimum absolute atomic E-state index is 0.0367. The Morgan fingerprint density at radius 1 is 0.958 bits per heavy atom. The van der Waals surface area contributed by atoms with Crippen LogP contribution in [0.1, 0.15) is 6.42 Å². The molecule has 0 fully saturated rings. The van der Waals surface area contributed by atoms with Gasteiger partial charge in [-0.2, -0.15) is 0 Å². The van der Waals surface area contributed by atoms with Crippen molar-refractivity contribution in [3.8, 4) is 5.75 Å². The number of rotatable bonds is 7. The van der Waals surface area contributed by atoms with Crippen molar-refractivity contribution in [2.75, 3.05) is 18.5 Å². The number of nitrogens with one attached hydrogen (secondary N) is 1. The molecule has 0 aliphatic heterocycles. The predicted molar refractivity (Wildman–Crippen MR) is 92.6 cm³/mol. The fraction of sp³-hybridized carbons (Fsp3) is 0.176. The minimum Gasteiger partial charge on any atom is -0.493 e. The van der Waals surface area contributed by atoms with Crippen molar-refractivity contribution in [2.24, 2.45) is 0 Å². The van der Waals surface area contributed by atoms with E-state index in [1.165, 1.54) is 0 Å². The topological polar surface area (TPSA) is 64.6 Å². The van der Waals surface area contributed by atoms with Gasteiger partial charge in [0.1, 0.15) is 5.75 Å². The summed E-state index contributed by atoms with van der Waals surface area (Å²) in [7, 11) is 0. The van der Waals surface area contributed by atoms with Crippen LogP contribution in [-0.2, 0) is 14.3 Å². The highest BCUT2D eigenvalue weighted by Crippen LogP contribution is 2.29. The van der Waals surface area contributed by atoms with Crippen molar-refractivity contribution < 1.29 is 19.1 Å². The van der Waals surface area contributed by atoms with Crippen molar-refractivity contribution >= 4 is 40.8 Å². The lowest BCUT2D eigenvalue weighted by atomic mass is 10.3. The molecule has 0 atom stereocenters. The van der Waals surface area contributed by atoms with Gasteiger partial charge in [0, 0.05) is 0 Å². The van der Waals surface area contributed by atoms with Gasteiger partial charge < -0.3 is 14.8 Å². The Morgan fingerprint density at radius 2 is 1.62 bits per heavy atom. The fourth-order valence-electron chi connectivity index (χ4n) is 1.78. The number of amides is 1. The maximum Gasteiger partial charge on any atom is 0.309 e. The first-order valence-electron chi connectivity index (χ1n) is 7.13. The van der Waals surface area contributed by atoms with E-state index >= 15 is 0 Å². The predicted octanol–water partition coefficient (Wildman–Crippen LogP) is 3.94. The molecular weight excluding hydrogens is 353 g/mol. The van der Waals surface area contributed by atoms with E-state index < -0.39 is 18.5 Å². The zero-order valence-electron chi connectivity index (χ0n) is 12.6. The Labute approximate surface area is 149 Å². The quantitative estimate of drug-likeness (QED) is 0.752. The summed E-state index contributed by atoms with van der Waals surface area (Å²) in [6.45, 7) is -0.257. The van der Waals surface area contributed by atoms with E-state index in [1.807, 2.05) is 18.2 Å². The molecule has 24 heavy (non-hydrogen) atoms. The molecule has 0 unspecified atom stereocenters. The summed E-state index contributed by atoms with van der Waals surface area (Å²) >= 11 is 11.9. The molecule has 2 aromatic rings. The lowest BCUT2D eigenvalue weighted by Crippen LogP contribution is -2.22. The van der Waals surface area contributed by atoms with Gasteiger partial charge in [0.25, 0.3) is 5.91 Å². The summed E-state index contributed by atoms with van der Waals surface area (Å²) < 4.78 is 10.3. The van der Waals surface area contributed by atoms with Crippen LogP contribution in [0.5, 0.6) is 5.75 Å². The highest BCUT2D eigenvalue weighted by molar-refractivity contribution is 6.39. The lowest BCUT2D eigenvalue weighted by molar-refractivity contribution is -0.147. The number of carbonyl (C=O) groups is 2. The molecule has 0 heterocycles. The average molecular weight is 368 g/mol. The zero-order chi connectivity index (χ0) is 17.4. The maximum atomic E-state index is 11.8. The second kappa shape index (κ2) is 9.15. The average Bonchev–Trinajstić information content (AvgIpc) is 2.57. The summed E-state index contributed by atoms with van der Waals surface area (Å²) in [6.07, 6.45) is 0.0367. The van der Waals surface area contributed by atoms with Crippen LogP contribution in [-0.4, -0.2) is 25.1 Å². The molecule has 1 amide bonds. The second-order valence-corrected chi connectivity index (χ2v) is 5.53. The van der Waals surface area contributed by atoms with E-state index in [9.17, 15) is 9.59 Å². The van der Waals surface area contributed by atoms with Gasteiger partial charge in [-0.3, -0.25) is 9.59 Å². The number of hydrogen-bond donors (Lipinski definition) is 1. The monoisotopic (exact) mass is 367 g/mol. The molecule has 0 aliphatic rings. The van der Waals surface area contributed by atoms with Crippen LogP contribution in [0.4, 0.5) is 5.69 Å². The third-order valence-electron chi connectivity index (χ3n) is 2.91. The molecule has 2 aromatic carbocycles. The van der Waals surface area contributed by atoms with Gasteiger partial charge in [0.05, 0.1) is 28.8 Å². The largest absolute Gasteiger partial charge is 0.493 e. The molecule has 0 aliphatic carbocycles. The van der Waals surface area contributed by atoms with E-state index in [0.717, 1.165) is 0 Å². The Hall–Kier alpha value is -2.24. The number of carbonyl (C=O) groups excluding carboxylic acids is 2. The molecule has 1 N–H and O–H groups in total. The van der Waals surface area contributed by atoms with E-state index in [1.54, 1.807) is 30.3 Å². The number of esters is 1. The molecule has 0 radical (unpaired) electrons. The Balaban J connectivity index is 1.70. The van der Waals surface area contributed by atoms with Gasteiger partial charge in [-0.1, -0.05) is 47.5 Å². The highest BCUT2D eigenvalue weighted by Gasteiger charge is 2.12. The van der Waals surface area contributed by atoms with Gasteiger partial charge in [-0.25, -0.2) is 0 Å². The lowest BCUT2D eigenvalue weighted by Gasteiger charge is -2.10. The molecule has 2 rings (SSSR count). The normalized spacial score (nSPS) is 10.1. The number of ether oxygens (including phenoxy) is 2. The van der Waals surface area contributed by atoms with Crippen LogP contribution in [0.15, 0.2) is 48.5 Å². The van der Waals surface area contributed by atoms with Crippen molar-refractivity contribution in [1.82, 2.24) is 0 Å². The highest BCUT2D eigenvalue weighted by atomic mass is 35.5. The van der Waals surface area contributed by atoms with Crippen molar-refractivity contribution in [3.05, 3.63) is 58.6 Å². The Morgan fingerprint density at radius 3 is 2.29 bits per heavy atom. The number of para-hydroxylation sites is 2. The number of anilines is 1. The van der Waals surface area contributed by atoms with Crippen molar-refractivity contribution in [3.63, 3.8) is 0 Å². The molecule has 126 valence electrons. The van der Waals surface area contributed by atoms with Crippen LogP contribution >= 0.6 is 23.2 Å². The maximum absolute atomic E-state index is 11.8. The fourth-order valence-corrected chi connectivity index (χ4v) is 2.27. The number of benzene rings is 2. The third kappa shape index (κ3) is 5.76. The summed E-state index contributed by atoms with van der Waals surface area (Å²) in [5, 5.41) is 3.11. The first-order valence-corrected chi connectivity index (χ1v) is 7.89. The number of halogens is 2. The summed E-state index contributed by atoms with van der Waals surface area (Å²) in [6, 6.07) is 13.9. The van der Waals surface area contributed by atoms with Crippen LogP contribution in [0.3, 0.4) is 0 Å². The van der Waals surface area contributed by atoms with E-state index in [2.05, 4.69) is 5.32 Å². The van der Waals surface area contributed by atoms with Gasteiger partial charge >= 0.3 is 5.97 Å². The van der Waals surface area contributed by atoms with Gasteiger partial charge in [0.15, 0.2) is 6.61 Å². The number of hydrogen-bond acceptors (Lipinski definition) is 4. The zero-order valence-corrected chi connectivity index (χ0v) is 14.1. The van der Waals surface area contributed by atoms with Crippen molar-refractivity contribution in [2.45, 2.75) is 6.42 Å². The minimum atomic E-state index is -0.536. The standard InChI is InChI=1S/C17H15Cl2NO4/c18-13-7-4-8-14(19)17(13)20-15(21)11-24-16(22)9-10-23-12-5-2-1-3-6-12/h1-8H,9-11H2,(H,20,21). The molecular formula is C17H15Cl2NO4. The van der Waals surface area contributed by atoms with E-state index in [4.69, 9.17) is 32.7 Å².